The Balaban J connectivity index is 1.42. The minimum atomic E-state index is -2.42. The molecule has 73 heavy (non-hydrogen) atoms. The number of piperidine rings is 2. The minimum Gasteiger partial charge on any atom is -0.460 e. The molecule has 5 rings (SSSR count). The van der Waals surface area contributed by atoms with E-state index in [0.29, 0.717) is 82.9 Å². The van der Waals surface area contributed by atoms with Crippen molar-refractivity contribution in [2.24, 2.45) is 35.5 Å². The van der Waals surface area contributed by atoms with Gasteiger partial charge < -0.3 is 48.4 Å². The number of aliphatic hydroxyl groups is 2. The molecular weight excluding hydrogens is 937 g/mol. The third-order valence-electron chi connectivity index (χ3n) is 16.9. The van der Waals surface area contributed by atoms with E-state index in [4.69, 9.17) is 28.4 Å². The summed E-state index contributed by atoms with van der Waals surface area (Å²) in [6.07, 6.45) is 10.5. The lowest BCUT2D eigenvalue weighted by molar-refractivity contribution is -0.265. The highest BCUT2D eigenvalue weighted by Gasteiger charge is 2.53. The maximum atomic E-state index is 14.6. The van der Waals surface area contributed by atoms with E-state index < -0.39 is 71.8 Å². The summed E-state index contributed by atoms with van der Waals surface area (Å²) in [6, 6.07) is -1.15. The highest BCUT2D eigenvalue weighted by molar-refractivity contribution is 6.39. The lowest BCUT2D eigenvalue weighted by atomic mass is 9.78. The van der Waals surface area contributed by atoms with Crippen LogP contribution in [0.2, 0.25) is 0 Å². The molecule has 2 unspecified atom stereocenters. The Morgan fingerprint density at radius 1 is 0.795 bits per heavy atom. The zero-order valence-electron chi connectivity index (χ0n) is 46.0. The van der Waals surface area contributed by atoms with Gasteiger partial charge >= 0.3 is 12.1 Å². The summed E-state index contributed by atoms with van der Waals surface area (Å²) in [5.74, 6) is -7.67. The Bertz CT molecular complexity index is 1920. The number of Topliss-reactive ketones (excluding diaryl/α,β-unsaturated/α-hetero) is 3. The first-order chi connectivity index (χ1) is 34.7. The second-order valence-electron chi connectivity index (χ2n) is 22.7. The summed E-state index contributed by atoms with van der Waals surface area (Å²) in [7, 11) is 4.63. The van der Waals surface area contributed by atoms with Gasteiger partial charge in [-0.25, -0.2) is 9.59 Å². The van der Waals surface area contributed by atoms with Crippen LogP contribution in [0.25, 0.3) is 0 Å². The number of rotatable bonds is 7. The molecule has 16 nitrogen and oxygen atoms in total. The Morgan fingerprint density at radius 2 is 1.49 bits per heavy atom. The van der Waals surface area contributed by atoms with Gasteiger partial charge in [0.05, 0.1) is 18.3 Å². The molecule has 4 aliphatic heterocycles. The number of likely N-dealkylation sites (tertiary alicyclic amines) is 1. The number of amides is 2. The third-order valence-corrected chi connectivity index (χ3v) is 16.9. The van der Waals surface area contributed by atoms with Crippen LogP contribution in [0.4, 0.5) is 4.79 Å². The van der Waals surface area contributed by atoms with Crippen LogP contribution in [0.3, 0.4) is 0 Å². The largest absolute Gasteiger partial charge is 0.460 e. The predicted octanol–water partition coefficient (Wildman–Crippen LogP) is 8.26. The monoisotopic (exact) mass is 1030 g/mol. The van der Waals surface area contributed by atoms with Gasteiger partial charge in [-0.3, -0.25) is 19.2 Å². The number of methoxy groups -OCH3 is 3. The summed E-state index contributed by atoms with van der Waals surface area (Å²) in [5, 5.41) is 23.6. The van der Waals surface area contributed by atoms with Crippen molar-refractivity contribution in [3.8, 4) is 0 Å². The molecule has 3 saturated heterocycles. The number of ether oxygens (including phenoxy) is 6. The fraction of sp³-hybridized carbons (Fsp3) is 0.825. The van der Waals surface area contributed by atoms with Crippen LogP contribution in [0.15, 0.2) is 23.3 Å². The highest BCUT2D eigenvalue weighted by Crippen LogP contribution is 2.38. The average Bonchev–Trinajstić information content (AvgIpc) is 3.38. The van der Waals surface area contributed by atoms with E-state index in [2.05, 4.69) is 13.0 Å². The number of hydrogen-bond donors (Lipinski definition) is 2. The quantitative estimate of drug-likeness (QED) is 0.140. The molecule has 5 aliphatic rings. The molecule has 414 valence electrons. The average molecular weight is 1030 g/mol. The van der Waals surface area contributed by atoms with Crippen molar-refractivity contribution in [2.45, 2.75) is 225 Å². The third kappa shape index (κ3) is 16.2. The normalized spacial score (nSPS) is 38.0. The van der Waals surface area contributed by atoms with Gasteiger partial charge in [0.1, 0.15) is 36.2 Å². The number of fused-ring (bicyclic) bond motifs is 3. The number of cyclic esters (lactones) is 1. The Labute approximate surface area is 436 Å². The van der Waals surface area contributed by atoms with Gasteiger partial charge in [0, 0.05) is 71.6 Å². The first-order valence-corrected chi connectivity index (χ1v) is 27.8. The number of esters is 1. The molecular formula is C57H92N2O14. The Morgan fingerprint density at radius 3 is 2.18 bits per heavy atom. The summed E-state index contributed by atoms with van der Waals surface area (Å²) >= 11 is 0. The molecule has 0 radical (unpaired) electrons. The number of carbonyl (C=O) groups excluding carboxylic acids is 6. The molecule has 16 heteroatoms. The van der Waals surface area contributed by atoms with Crippen molar-refractivity contribution in [3.05, 3.63) is 23.3 Å². The van der Waals surface area contributed by atoms with Gasteiger partial charge in [0.15, 0.2) is 5.78 Å². The molecule has 0 spiro atoms. The van der Waals surface area contributed by atoms with Crippen LogP contribution in [0.1, 0.15) is 170 Å². The molecule has 4 fully saturated rings. The molecule has 0 aromatic carbocycles. The summed E-state index contributed by atoms with van der Waals surface area (Å²) in [5.41, 5.74) is 1.40. The maximum absolute atomic E-state index is 14.6. The molecule has 4 heterocycles. The van der Waals surface area contributed by atoms with Crippen LogP contribution in [-0.2, 0) is 52.4 Å². The number of ketones is 3. The van der Waals surface area contributed by atoms with E-state index in [0.717, 1.165) is 50.5 Å². The first-order valence-electron chi connectivity index (χ1n) is 27.8. The molecule has 2 amide bonds. The van der Waals surface area contributed by atoms with E-state index in [9.17, 15) is 39.0 Å². The molecule has 15 atom stereocenters. The molecule has 1 aliphatic carbocycles. The van der Waals surface area contributed by atoms with Crippen LogP contribution >= 0.6 is 0 Å². The fourth-order valence-electron chi connectivity index (χ4n) is 12.1. The number of carbonyl (C=O) groups is 6. The second-order valence-corrected chi connectivity index (χ2v) is 22.7. The van der Waals surface area contributed by atoms with E-state index >= 15 is 0 Å². The zero-order valence-corrected chi connectivity index (χ0v) is 46.0. The summed E-state index contributed by atoms with van der Waals surface area (Å²) in [4.78, 5) is 87.5. The predicted molar refractivity (Wildman–Crippen MR) is 275 cm³/mol. The van der Waals surface area contributed by atoms with Crippen molar-refractivity contribution >= 4 is 35.3 Å². The molecule has 2 bridgehead atoms. The summed E-state index contributed by atoms with van der Waals surface area (Å²) in [6.45, 7) is 14.4. The van der Waals surface area contributed by atoms with Gasteiger partial charge in [-0.2, -0.15) is 0 Å². The van der Waals surface area contributed by atoms with Crippen LogP contribution in [0, 0.1) is 35.5 Å². The number of nitrogens with zero attached hydrogens (tertiary/aromatic N) is 2. The minimum absolute atomic E-state index is 0.0728. The van der Waals surface area contributed by atoms with Gasteiger partial charge in [0.2, 0.25) is 5.79 Å². The van der Waals surface area contributed by atoms with E-state index in [1.165, 1.54) is 12.0 Å². The lowest BCUT2D eigenvalue weighted by Gasteiger charge is -2.42. The standard InChI is InChI=1S/C57H92N2O14/c1-35-19-13-11-14-20-36(2)47(68-8)33-43-24-22-41(7)57(67,73-43)53(63)54(64)59-28-18-15-21-44(59)55(65)71-48(34-45(60)37(3)30-40(6)51(62)52(70-10)50(61)39(5)29-35)38(4)31-42-23-25-46(49(32-42)69-9)72-56(66)58-26-16-12-17-27-58/h20,30,35,37-39,41-44,46-49,51-52,62,67H,11-19,21-29,31-34H2,1-10H3/b36-20+,40-30+/t35-,37-,38-,39-,41-,42+,43+,44+,46-,47?,48+,49-,51-,52?,57-/m1/s1. The number of allylic oxidation sites excluding steroid dienone is 2. The molecule has 2 N–H and O–H groups in total. The Kier molecular flexibility index (Phi) is 23.6. The number of hydrogen-bond acceptors (Lipinski definition) is 14. The van der Waals surface area contributed by atoms with Crippen molar-refractivity contribution in [2.75, 3.05) is 41.0 Å². The van der Waals surface area contributed by atoms with Crippen molar-refractivity contribution < 1.29 is 67.4 Å². The lowest BCUT2D eigenvalue weighted by Crippen LogP contribution is -2.61. The van der Waals surface area contributed by atoms with Gasteiger partial charge in [-0.05, 0) is 139 Å². The van der Waals surface area contributed by atoms with Crippen molar-refractivity contribution in [3.63, 3.8) is 0 Å². The zero-order chi connectivity index (χ0) is 53.6. The van der Waals surface area contributed by atoms with Crippen molar-refractivity contribution in [1.82, 2.24) is 9.80 Å². The highest BCUT2D eigenvalue weighted by atomic mass is 16.6. The molecule has 1 saturated carbocycles. The summed E-state index contributed by atoms with van der Waals surface area (Å²) < 4.78 is 36.0. The first kappa shape index (κ1) is 60.3. The number of aliphatic hydroxyl groups excluding tert-OH is 1. The van der Waals surface area contributed by atoms with Crippen LogP contribution in [0.5, 0.6) is 0 Å². The van der Waals surface area contributed by atoms with E-state index in [1.807, 2.05) is 20.8 Å². The smallest absolute Gasteiger partial charge is 0.410 e. The van der Waals surface area contributed by atoms with Gasteiger partial charge in [-0.15, -0.1) is 0 Å². The second kappa shape index (κ2) is 28.6. The molecule has 0 aromatic heterocycles. The fourth-order valence-corrected chi connectivity index (χ4v) is 12.1. The van der Waals surface area contributed by atoms with E-state index in [1.54, 1.807) is 46.0 Å². The van der Waals surface area contributed by atoms with E-state index in [-0.39, 0.29) is 72.9 Å². The SMILES string of the molecule is COC1C[C@@H]2CC[C@@H](C)[C@@](O)(O2)C(=O)C(=O)N2CCCC[C@H]2C(=O)O[C@H]([C@H](C)C[C@@H]2CC[C@@H](OC(=O)N3CCCCC3)[C@H](OC)C2)CC(=O)[C@H](C)/C=C(\C)[C@@H](O)C(OC)C(=O)[C@H](C)C[C@H](C)CCCC/C=C/1C. The Hall–Kier alpha value is -3.54. The molecule has 0 aromatic rings. The van der Waals surface area contributed by atoms with Crippen molar-refractivity contribution in [1.29, 1.82) is 0 Å². The maximum Gasteiger partial charge on any atom is 0.410 e. The van der Waals surface area contributed by atoms with Crippen LogP contribution in [-0.4, -0.2) is 151 Å². The van der Waals surface area contributed by atoms with Crippen LogP contribution < -0.4 is 0 Å². The van der Waals surface area contributed by atoms with Gasteiger partial charge in [0.25, 0.3) is 11.7 Å². The van der Waals surface area contributed by atoms with Gasteiger partial charge in [-0.1, -0.05) is 59.6 Å². The topological polar surface area (TPSA) is 205 Å².